The molecule has 2 aliphatic heterocycles. The summed E-state index contributed by atoms with van der Waals surface area (Å²) in [7, 11) is 0. The van der Waals surface area contributed by atoms with Gasteiger partial charge in [-0.15, -0.1) is 0 Å². The molecule has 176 valence electrons. The first-order valence-corrected chi connectivity index (χ1v) is 12.5. The van der Waals surface area contributed by atoms with Crippen molar-refractivity contribution in [1.29, 1.82) is 5.41 Å². The zero-order chi connectivity index (χ0) is 24.7. The molecule has 2 aromatic carbocycles. The maximum atomic E-state index is 12.9. The first-order valence-electron chi connectivity index (χ1n) is 11.6. The minimum absolute atomic E-state index is 0.0571. The van der Waals surface area contributed by atoms with Gasteiger partial charge in [0.25, 0.3) is 5.91 Å². The number of rotatable bonds is 5. The third-order valence-electron chi connectivity index (χ3n) is 6.28. The van der Waals surface area contributed by atoms with E-state index in [2.05, 4.69) is 52.8 Å². The van der Waals surface area contributed by atoms with E-state index in [1.807, 2.05) is 50.2 Å². The number of nitrogens with one attached hydrogen (secondary N) is 1. The number of carbonyl (C=O) groups excluding carboxylic acids is 1. The van der Waals surface area contributed by atoms with Crippen LogP contribution in [0, 0.1) is 19.3 Å². The summed E-state index contributed by atoms with van der Waals surface area (Å²) >= 11 is 1.35. The van der Waals surface area contributed by atoms with Crippen molar-refractivity contribution in [2.24, 2.45) is 10.1 Å². The lowest BCUT2D eigenvalue weighted by molar-refractivity contribution is -0.114. The molecule has 7 heteroatoms. The highest BCUT2D eigenvalue weighted by Gasteiger charge is 2.35. The summed E-state index contributed by atoms with van der Waals surface area (Å²) in [5.41, 5.74) is 6.70. The lowest BCUT2D eigenvalue weighted by Crippen LogP contribution is -2.35. The Morgan fingerprint density at radius 3 is 2.46 bits per heavy atom. The zero-order valence-electron chi connectivity index (χ0n) is 20.2. The number of benzene rings is 2. The first-order chi connectivity index (χ1) is 16.8. The molecule has 1 aromatic heterocycles. The van der Waals surface area contributed by atoms with Gasteiger partial charge in [-0.1, -0.05) is 56.3 Å². The Morgan fingerprint density at radius 1 is 1.06 bits per heavy atom. The molecule has 35 heavy (non-hydrogen) atoms. The fourth-order valence-corrected chi connectivity index (χ4v) is 5.29. The molecular formula is C28H27N5OS. The third-order valence-corrected chi connectivity index (χ3v) is 7.19. The Morgan fingerprint density at radius 2 is 1.77 bits per heavy atom. The molecule has 2 aliphatic rings. The number of hydrogen-bond acceptors (Lipinski definition) is 4. The van der Waals surface area contributed by atoms with Gasteiger partial charge in [-0.2, -0.15) is 15.1 Å². The van der Waals surface area contributed by atoms with Gasteiger partial charge in [0.2, 0.25) is 5.17 Å². The van der Waals surface area contributed by atoms with Crippen LogP contribution in [-0.2, 0) is 11.2 Å². The fourth-order valence-electron chi connectivity index (χ4n) is 4.37. The summed E-state index contributed by atoms with van der Waals surface area (Å²) < 4.78 is 2.17. The lowest BCUT2D eigenvalue weighted by Gasteiger charge is -2.20. The lowest BCUT2D eigenvalue weighted by atomic mass is 10.0. The van der Waals surface area contributed by atoms with Crippen LogP contribution in [0.4, 0.5) is 0 Å². The first kappa shape index (κ1) is 23.1. The van der Waals surface area contributed by atoms with E-state index < -0.39 is 5.91 Å². The molecule has 0 bridgehead atoms. The second kappa shape index (κ2) is 9.15. The maximum Gasteiger partial charge on any atom is 0.283 e. The van der Waals surface area contributed by atoms with Crippen molar-refractivity contribution in [2.75, 3.05) is 0 Å². The number of aliphatic imine (C=N–C) groups is 1. The summed E-state index contributed by atoms with van der Waals surface area (Å²) in [6, 6.07) is 20.6. The molecule has 0 atom stereocenters. The second-order valence-corrected chi connectivity index (χ2v) is 10.1. The van der Waals surface area contributed by atoms with E-state index in [4.69, 9.17) is 5.41 Å². The summed E-state index contributed by atoms with van der Waals surface area (Å²) in [6.07, 6.45) is 2.40. The van der Waals surface area contributed by atoms with Gasteiger partial charge in [0.15, 0.2) is 5.84 Å². The van der Waals surface area contributed by atoms with Crippen LogP contribution in [0.1, 0.15) is 47.8 Å². The minimum Gasteiger partial charge on any atom is -0.318 e. The highest BCUT2D eigenvalue weighted by atomic mass is 32.2. The van der Waals surface area contributed by atoms with Crippen molar-refractivity contribution < 1.29 is 4.79 Å². The van der Waals surface area contributed by atoms with Crippen LogP contribution in [0.5, 0.6) is 0 Å². The fraction of sp³-hybridized carbons (Fsp3) is 0.214. The number of amidine groups is 2. The van der Waals surface area contributed by atoms with Gasteiger partial charge in [-0.25, -0.2) is 0 Å². The molecule has 3 aromatic rings. The summed E-state index contributed by atoms with van der Waals surface area (Å²) in [4.78, 5) is 17.1. The predicted molar refractivity (Wildman–Crippen MR) is 144 cm³/mol. The van der Waals surface area contributed by atoms with E-state index in [-0.39, 0.29) is 11.4 Å². The SMILES string of the molecule is Cc1cc(C=C2C(=N)N3N=C(Cc4ccccc4)SC3=NC2=O)c(C)n1-c1ccc(C(C)C)cc1. The van der Waals surface area contributed by atoms with E-state index in [1.165, 1.54) is 22.3 Å². The molecule has 0 fully saturated rings. The Hall–Kier alpha value is -3.71. The number of nitrogens with zero attached hydrogens (tertiary/aromatic N) is 4. The van der Waals surface area contributed by atoms with Crippen molar-refractivity contribution in [2.45, 2.75) is 40.0 Å². The van der Waals surface area contributed by atoms with Crippen molar-refractivity contribution in [3.05, 3.63) is 94.3 Å². The summed E-state index contributed by atoms with van der Waals surface area (Å²) in [5, 5.41) is 16.0. The summed E-state index contributed by atoms with van der Waals surface area (Å²) in [5.74, 6) is 0.127. The number of thioether (sulfide) groups is 1. The number of hydrazone groups is 1. The van der Waals surface area contributed by atoms with Gasteiger partial charge in [-0.05, 0) is 72.5 Å². The van der Waals surface area contributed by atoms with E-state index >= 15 is 0 Å². The Balaban J connectivity index is 1.44. The highest BCUT2D eigenvalue weighted by molar-refractivity contribution is 8.26. The molecule has 0 unspecified atom stereocenters. The number of aryl methyl sites for hydroxylation is 1. The van der Waals surface area contributed by atoms with Gasteiger partial charge in [0.1, 0.15) is 5.04 Å². The van der Waals surface area contributed by atoms with Crippen molar-refractivity contribution in [1.82, 2.24) is 9.58 Å². The smallest absolute Gasteiger partial charge is 0.283 e. The average Bonchev–Trinajstić information content (AvgIpc) is 3.36. The minimum atomic E-state index is -0.406. The molecule has 0 saturated heterocycles. The number of amides is 1. The molecule has 0 aliphatic carbocycles. The quantitative estimate of drug-likeness (QED) is 0.449. The number of fused-ring (bicyclic) bond motifs is 1. The van der Waals surface area contributed by atoms with Crippen LogP contribution < -0.4 is 0 Å². The van der Waals surface area contributed by atoms with Crippen LogP contribution in [0.3, 0.4) is 0 Å². The second-order valence-electron chi connectivity index (χ2n) is 9.08. The van der Waals surface area contributed by atoms with Crippen LogP contribution in [0.25, 0.3) is 11.8 Å². The van der Waals surface area contributed by atoms with Crippen molar-refractivity contribution in [3.8, 4) is 5.69 Å². The van der Waals surface area contributed by atoms with Crippen LogP contribution in [0.15, 0.2) is 76.3 Å². The highest BCUT2D eigenvalue weighted by Crippen LogP contribution is 2.31. The van der Waals surface area contributed by atoms with E-state index in [9.17, 15) is 4.79 Å². The average molecular weight is 482 g/mol. The van der Waals surface area contributed by atoms with Gasteiger partial charge in [-0.3, -0.25) is 10.2 Å². The standard InChI is InChI=1S/C28H27N5OS/c1-17(2)21-10-12-23(13-11-21)32-18(3)14-22(19(32)4)16-24-26(29)33-28(30-27(24)34)35-25(31-33)15-20-8-6-5-7-9-20/h5-14,16-17,29H,15H2,1-4H3. The van der Waals surface area contributed by atoms with Crippen molar-refractivity contribution >= 4 is 39.8 Å². The van der Waals surface area contributed by atoms with Gasteiger partial charge >= 0.3 is 0 Å². The molecule has 0 saturated carbocycles. The molecule has 0 radical (unpaired) electrons. The van der Waals surface area contributed by atoms with Crippen molar-refractivity contribution in [3.63, 3.8) is 0 Å². The molecule has 1 amide bonds. The molecule has 1 N–H and O–H groups in total. The number of hydrogen-bond donors (Lipinski definition) is 1. The Kier molecular flexibility index (Phi) is 6.03. The van der Waals surface area contributed by atoms with Gasteiger partial charge in [0, 0.05) is 23.5 Å². The topological polar surface area (TPSA) is 73.8 Å². The van der Waals surface area contributed by atoms with E-state index in [0.29, 0.717) is 17.5 Å². The molecule has 6 nitrogen and oxygen atoms in total. The van der Waals surface area contributed by atoms with E-state index in [1.54, 1.807) is 6.08 Å². The number of carbonyl (C=O) groups is 1. The zero-order valence-corrected chi connectivity index (χ0v) is 21.1. The van der Waals surface area contributed by atoms with Gasteiger partial charge < -0.3 is 4.57 Å². The van der Waals surface area contributed by atoms with Crippen LogP contribution >= 0.6 is 11.8 Å². The van der Waals surface area contributed by atoms with E-state index in [0.717, 1.165) is 33.2 Å². The molecule has 3 heterocycles. The maximum absolute atomic E-state index is 12.9. The van der Waals surface area contributed by atoms with Gasteiger partial charge in [0.05, 0.1) is 5.57 Å². The third kappa shape index (κ3) is 4.39. The normalized spacial score (nSPS) is 16.7. The number of aromatic nitrogens is 1. The van der Waals surface area contributed by atoms with Crippen LogP contribution in [-0.4, -0.2) is 31.5 Å². The molecule has 0 spiro atoms. The predicted octanol–water partition coefficient (Wildman–Crippen LogP) is 6.08. The molecule has 5 rings (SSSR count). The monoisotopic (exact) mass is 481 g/mol. The Bertz CT molecular complexity index is 1410. The molecular weight excluding hydrogens is 454 g/mol. The summed E-state index contributed by atoms with van der Waals surface area (Å²) in [6.45, 7) is 8.45. The largest absolute Gasteiger partial charge is 0.318 e. The van der Waals surface area contributed by atoms with Crippen LogP contribution in [0.2, 0.25) is 0 Å². The Labute approximate surface area is 209 Å².